The fourth-order valence-electron chi connectivity index (χ4n) is 1.40. The third-order valence-corrected chi connectivity index (χ3v) is 2.81. The molecular formula is C9H15N3O2S. The number of aromatic amines is 2. The molecule has 0 amide bonds. The lowest BCUT2D eigenvalue weighted by molar-refractivity contribution is 0.119. The Kier molecular flexibility index (Phi) is 3.37. The second kappa shape index (κ2) is 4.76. The quantitative estimate of drug-likeness (QED) is 0.566. The molecule has 0 spiro atoms. The summed E-state index contributed by atoms with van der Waals surface area (Å²) in [6.45, 7) is 2.18. The SMILES string of the molecule is O=c1[nH][nH]c(=S)n1CCCOCC1CC1. The number of ether oxygens (including phenoxy) is 1. The van der Waals surface area contributed by atoms with Gasteiger partial charge in [0.15, 0.2) is 4.77 Å². The van der Waals surface area contributed by atoms with Gasteiger partial charge in [-0.25, -0.2) is 9.89 Å². The minimum absolute atomic E-state index is 0.179. The summed E-state index contributed by atoms with van der Waals surface area (Å²) in [6.07, 6.45) is 3.44. The van der Waals surface area contributed by atoms with Gasteiger partial charge in [0.2, 0.25) is 0 Å². The first-order valence-electron chi connectivity index (χ1n) is 5.22. The van der Waals surface area contributed by atoms with Crippen molar-refractivity contribution >= 4 is 12.2 Å². The predicted octanol–water partition coefficient (Wildman–Crippen LogP) is 1.05. The molecule has 1 aliphatic rings. The average molecular weight is 229 g/mol. The van der Waals surface area contributed by atoms with E-state index in [1.807, 2.05) is 0 Å². The average Bonchev–Trinajstić information content (AvgIpc) is 2.98. The van der Waals surface area contributed by atoms with E-state index in [0.29, 0.717) is 17.9 Å². The van der Waals surface area contributed by atoms with E-state index in [4.69, 9.17) is 17.0 Å². The van der Waals surface area contributed by atoms with Crippen molar-refractivity contribution in [1.29, 1.82) is 0 Å². The van der Waals surface area contributed by atoms with Crippen LogP contribution in [0.25, 0.3) is 0 Å². The molecule has 0 bridgehead atoms. The summed E-state index contributed by atoms with van der Waals surface area (Å²) in [5.41, 5.74) is -0.179. The first-order valence-corrected chi connectivity index (χ1v) is 5.63. The van der Waals surface area contributed by atoms with Gasteiger partial charge >= 0.3 is 5.69 Å². The van der Waals surface area contributed by atoms with Gasteiger partial charge in [-0.2, -0.15) is 0 Å². The minimum Gasteiger partial charge on any atom is -0.381 e. The molecule has 15 heavy (non-hydrogen) atoms. The van der Waals surface area contributed by atoms with E-state index in [2.05, 4.69) is 10.2 Å². The zero-order chi connectivity index (χ0) is 10.7. The van der Waals surface area contributed by atoms with Crippen molar-refractivity contribution in [3.05, 3.63) is 15.3 Å². The van der Waals surface area contributed by atoms with Crippen LogP contribution in [0, 0.1) is 10.7 Å². The Morgan fingerprint density at radius 2 is 2.27 bits per heavy atom. The van der Waals surface area contributed by atoms with Crippen LogP contribution in [0.4, 0.5) is 0 Å². The molecule has 0 aliphatic heterocycles. The maximum atomic E-state index is 11.2. The molecule has 0 radical (unpaired) electrons. The van der Waals surface area contributed by atoms with E-state index in [1.165, 1.54) is 17.4 Å². The summed E-state index contributed by atoms with van der Waals surface area (Å²) in [5.74, 6) is 0.794. The van der Waals surface area contributed by atoms with Gasteiger partial charge in [-0.15, -0.1) is 0 Å². The van der Waals surface area contributed by atoms with Crippen molar-refractivity contribution in [2.75, 3.05) is 13.2 Å². The number of H-pyrrole nitrogens is 2. The van der Waals surface area contributed by atoms with E-state index < -0.39 is 0 Å². The number of nitrogens with zero attached hydrogens (tertiary/aromatic N) is 1. The van der Waals surface area contributed by atoms with Crippen LogP contribution in [-0.4, -0.2) is 28.0 Å². The number of hydrogen-bond acceptors (Lipinski definition) is 3. The van der Waals surface area contributed by atoms with Crippen LogP contribution in [0.2, 0.25) is 0 Å². The summed E-state index contributed by atoms with van der Waals surface area (Å²) in [7, 11) is 0. The standard InChI is InChI=1S/C9H15N3O2S/c13-8-10-11-9(15)12(8)4-1-5-14-6-7-2-3-7/h7H,1-6H2,(H,10,13)(H,11,15). The third-order valence-electron chi connectivity index (χ3n) is 2.49. The monoisotopic (exact) mass is 229 g/mol. The summed E-state index contributed by atoms with van der Waals surface area (Å²) in [4.78, 5) is 11.2. The molecule has 84 valence electrons. The summed E-state index contributed by atoms with van der Waals surface area (Å²) in [5, 5.41) is 5.05. The van der Waals surface area contributed by atoms with Crippen molar-refractivity contribution in [3.63, 3.8) is 0 Å². The maximum absolute atomic E-state index is 11.2. The molecule has 0 unspecified atom stereocenters. The van der Waals surface area contributed by atoms with Gasteiger partial charge in [0, 0.05) is 19.8 Å². The Balaban J connectivity index is 1.68. The van der Waals surface area contributed by atoms with Gasteiger partial charge in [-0.3, -0.25) is 9.67 Å². The first-order chi connectivity index (χ1) is 7.27. The molecule has 1 heterocycles. The molecule has 0 aromatic carbocycles. The summed E-state index contributed by atoms with van der Waals surface area (Å²) < 4.78 is 7.42. The molecule has 6 heteroatoms. The highest BCUT2D eigenvalue weighted by Crippen LogP contribution is 2.28. The zero-order valence-corrected chi connectivity index (χ0v) is 9.31. The molecule has 0 atom stereocenters. The lowest BCUT2D eigenvalue weighted by Crippen LogP contribution is -2.18. The predicted molar refractivity (Wildman–Crippen MR) is 58.4 cm³/mol. The van der Waals surface area contributed by atoms with E-state index >= 15 is 0 Å². The Labute approximate surface area is 92.4 Å². The first kappa shape index (κ1) is 10.6. The number of aromatic nitrogens is 3. The smallest absolute Gasteiger partial charge is 0.342 e. The van der Waals surface area contributed by atoms with E-state index in [9.17, 15) is 4.79 Å². The van der Waals surface area contributed by atoms with Crippen molar-refractivity contribution in [2.45, 2.75) is 25.8 Å². The number of rotatable bonds is 6. The highest BCUT2D eigenvalue weighted by Gasteiger charge is 2.20. The molecule has 1 fully saturated rings. The van der Waals surface area contributed by atoms with Gasteiger partial charge in [0.1, 0.15) is 0 Å². The van der Waals surface area contributed by atoms with Crippen molar-refractivity contribution in [3.8, 4) is 0 Å². The molecular weight excluding hydrogens is 214 g/mol. The van der Waals surface area contributed by atoms with E-state index in [1.54, 1.807) is 0 Å². The van der Waals surface area contributed by atoms with E-state index in [0.717, 1.165) is 18.9 Å². The van der Waals surface area contributed by atoms with Gasteiger partial charge in [-0.1, -0.05) is 0 Å². The van der Waals surface area contributed by atoms with Crippen LogP contribution in [-0.2, 0) is 11.3 Å². The lowest BCUT2D eigenvalue weighted by Gasteiger charge is -2.02. The van der Waals surface area contributed by atoms with Crippen LogP contribution in [0.5, 0.6) is 0 Å². The van der Waals surface area contributed by atoms with Crippen LogP contribution >= 0.6 is 12.2 Å². The Hall–Kier alpha value is -0.880. The number of hydrogen-bond donors (Lipinski definition) is 2. The molecule has 5 nitrogen and oxygen atoms in total. The fraction of sp³-hybridized carbons (Fsp3) is 0.778. The Morgan fingerprint density at radius 1 is 1.47 bits per heavy atom. The van der Waals surface area contributed by atoms with Crippen LogP contribution in [0.1, 0.15) is 19.3 Å². The largest absolute Gasteiger partial charge is 0.381 e. The summed E-state index contributed by atoms with van der Waals surface area (Å²) in [6, 6.07) is 0. The molecule has 1 aliphatic carbocycles. The molecule has 1 saturated carbocycles. The fourth-order valence-corrected chi connectivity index (χ4v) is 1.62. The van der Waals surface area contributed by atoms with Gasteiger partial charge in [-0.05, 0) is 37.4 Å². The highest BCUT2D eigenvalue weighted by atomic mass is 32.1. The van der Waals surface area contributed by atoms with Crippen LogP contribution < -0.4 is 5.69 Å². The van der Waals surface area contributed by atoms with Crippen LogP contribution in [0.3, 0.4) is 0 Å². The Bertz CT molecular complexity index is 388. The highest BCUT2D eigenvalue weighted by molar-refractivity contribution is 7.71. The van der Waals surface area contributed by atoms with Gasteiger partial charge in [0.05, 0.1) is 0 Å². The lowest BCUT2D eigenvalue weighted by atomic mass is 10.4. The Morgan fingerprint density at radius 3 is 2.87 bits per heavy atom. The van der Waals surface area contributed by atoms with Crippen molar-refractivity contribution in [2.24, 2.45) is 5.92 Å². The molecule has 1 aromatic heterocycles. The second-order valence-electron chi connectivity index (χ2n) is 3.88. The zero-order valence-electron chi connectivity index (χ0n) is 8.49. The van der Waals surface area contributed by atoms with Crippen molar-refractivity contribution < 1.29 is 4.74 Å². The third kappa shape index (κ3) is 3.04. The van der Waals surface area contributed by atoms with E-state index in [-0.39, 0.29) is 5.69 Å². The topological polar surface area (TPSA) is 62.8 Å². The van der Waals surface area contributed by atoms with Gasteiger partial charge < -0.3 is 4.74 Å². The molecule has 2 N–H and O–H groups in total. The summed E-state index contributed by atoms with van der Waals surface area (Å²) >= 11 is 4.94. The number of nitrogens with one attached hydrogen (secondary N) is 2. The minimum atomic E-state index is -0.179. The molecule has 2 rings (SSSR count). The maximum Gasteiger partial charge on any atom is 0.342 e. The normalized spacial score (nSPS) is 15.7. The van der Waals surface area contributed by atoms with Gasteiger partial charge in [0.25, 0.3) is 0 Å². The molecule has 0 saturated heterocycles. The molecule has 1 aromatic rings. The second-order valence-corrected chi connectivity index (χ2v) is 4.27. The van der Waals surface area contributed by atoms with Crippen LogP contribution in [0.15, 0.2) is 4.79 Å². The van der Waals surface area contributed by atoms with Crippen molar-refractivity contribution in [1.82, 2.24) is 14.8 Å².